The van der Waals surface area contributed by atoms with Crippen molar-refractivity contribution in [3.05, 3.63) is 48.0 Å². The molecule has 1 saturated heterocycles. The smallest absolute Gasteiger partial charge is 0.215 e. The first-order valence-electron chi connectivity index (χ1n) is 11.0. The predicted molar refractivity (Wildman–Crippen MR) is 124 cm³/mol. The Hall–Kier alpha value is -2.18. The summed E-state index contributed by atoms with van der Waals surface area (Å²) in [5.74, 6) is 5.44. The van der Waals surface area contributed by atoms with Gasteiger partial charge in [0.15, 0.2) is 16.7 Å². The van der Waals surface area contributed by atoms with Gasteiger partial charge in [0.25, 0.3) is 0 Å². The molecule has 2 aliphatic rings. The SMILES string of the molecule is COc1ccc(Oc2ccc(C(=O)C(C3CCCC3)[S+]3CCOCC3)cc2)c(OC)c1. The number of ketones is 1. The Balaban J connectivity index is 1.50. The summed E-state index contributed by atoms with van der Waals surface area (Å²) in [6, 6.07) is 13.0. The van der Waals surface area contributed by atoms with E-state index in [0.29, 0.717) is 34.7 Å². The number of hydrogen-bond donors (Lipinski definition) is 0. The van der Waals surface area contributed by atoms with Gasteiger partial charge in [-0.05, 0) is 49.2 Å². The van der Waals surface area contributed by atoms with E-state index in [4.69, 9.17) is 18.9 Å². The lowest BCUT2D eigenvalue weighted by molar-refractivity contribution is 0.0967. The highest BCUT2D eigenvalue weighted by Crippen LogP contribution is 2.36. The summed E-state index contributed by atoms with van der Waals surface area (Å²) in [7, 11) is 3.34. The fourth-order valence-corrected chi connectivity index (χ4v) is 7.16. The van der Waals surface area contributed by atoms with Crippen LogP contribution in [0.2, 0.25) is 0 Å². The van der Waals surface area contributed by atoms with E-state index in [1.807, 2.05) is 36.4 Å². The fourth-order valence-electron chi connectivity index (χ4n) is 4.53. The maximum atomic E-state index is 13.6. The van der Waals surface area contributed by atoms with Crippen molar-refractivity contribution in [3.63, 3.8) is 0 Å². The zero-order valence-electron chi connectivity index (χ0n) is 18.3. The van der Waals surface area contributed by atoms with Gasteiger partial charge in [0.2, 0.25) is 5.78 Å². The minimum absolute atomic E-state index is 0.118. The van der Waals surface area contributed by atoms with Crippen molar-refractivity contribution in [3.8, 4) is 23.0 Å². The van der Waals surface area contributed by atoms with E-state index in [-0.39, 0.29) is 16.1 Å². The van der Waals surface area contributed by atoms with Crippen LogP contribution in [0, 0.1) is 5.92 Å². The van der Waals surface area contributed by atoms with Gasteiger partial charge in [0.1, 0.15) is 23.0 Å². The highest BCUT2D eigenvalue weighted by Gasteiger charge is 2.44. The van der Waals surface area contributed by atoms with Gasteiger partial charge in [-0.3, -0.25) is 4.79 Å². The Morgan fingerprint density at radius 2 is 1.61 bits per heavy atom. The molecule has 4 rings (SSSR count). The molecule has 2 fully saturated rings. The molecular formula is C25H31O5S+. The molecule has 5 nitrogen and oxygen atoms in total. The second-order valence-corrected chi connectivity index (χ2v) is 10.4. The first-order chi connectivity index (χ1) is 15.2. The Bertz CT molecular complexity index is 870. The van der Waals surface area contributed by atoms with E-state index in [1.165, 1.54) is 25.7 Å². The van der Waals surface area contributed by atoms with Gasteiger partial charge in [-0.1, -0.05) is 12.8 Å². The lowest BCUT2D eigenvalue weighted by Crippen LogP contribution is -2.43. The Labute approximate surface area is 187 Å². The summed E-state index contributed by atoms with van der Waals surface area (Å²) < 4.78 is 22.2. The van der Waals surface area contributed by atoms with Gasteiger partial charge < -0.3 is 18.9 Å². The lowest BCUT2D eigenvalue weighted by Gasteiger charge is -2.26. The van der Waals surface area contributed by atoms with Crippen LogP contribution >= 0.6 is 0 Å². The molecule has 6 heteroatoms. The molecule has 166 valence electrons. The fraction of sp³-hybridized carbons (Fsp3) is 0.480. The molecule has 2 aromatic rings. The number of benzene rings is 2. The normalized spacial score (nSPS) is 18.5. The van der Waals surface area contributed by atoms with Crippen molar-refractivity contribution in [2.45, 2.75) is 30.9 Å². The number of Topliss-reactive ketones (excluding diaryl/α,β-unsaturated/α-hetero) is 1. The molecule has 0 N–H and O–H groups in total. The molecule has 1 unspecified atom stereocenters. The highest BCUT2D eigenvalue weighted by molar-refractivity contribution is 7.98. The zero-order chi connectivity index (χ0) is 21.6. The standard InChI is InChI=1S/C25H31O5S/c1-27-21-11-12-22(23(17-21)28-2)30-20-9-7-18(8-10-20)24(26)25(19-5-3-4-6-19)31-15-13-29-14-16-31/h7-12,17,19,25H,3-6,13-16H2,1-2H3/q+1. The summed E-state index contributed by atoms with van der Waals surface area (Å²) >= 11 is 0. The second-order valence-electron chi connectivity index (χ2n) is 8.03. The summed E-state index contributed by atoms with van der Waals surface area (Å²) in [6.45, 7) is 1.58. The Kier molecular flexibility index (Phi) is 7.41. The van der Waals surface area contributed by atoms with Crippen LogP contribution in [0.3, 0.4) is 0 Å². The number of carbonyl (C=O) groups is 1. The van der Waals surface area contributed by atoms with Crippen molar-refractivity contribution >= 4 is 16.7 Å². The average Bonchev–Trinajstić information content (AvgIpc) is 3.35. The average molecular weight is 444 g/mol. The molecule has 0 radical (unpaired) electrons. The number of carbonyl (C=O) groups excluding carboxylic acids is 1. The largest absolute Gasteiger partial charge is 0.497 e. The first kappa shape index (κ1) is 22.0. The first-order valence-corrected chi connectivity index (χ1v) is 12.6. The van der Waals surface area contributed by atoms with Gasteiger partial charge in [-0.2, -0.15) is 0 Å². The zero-order valence-corrected chi connectivity index (χ0v) is 19.1. The summed E-state index contributed by atoms with van der Waals surface area (Å²) in [5, 5.41) is 0.139. The van der Waals surface area contributed by atoms with E-state index in [9.17, 15) is 4.79 Å². The summed E-state index contributed by atoms with van der Waals surface area (Å²) in [6.07, 6.45) is 4.86. The predicted octanol–water partition coefficient (Wildman–Crippen LogP) is 4.89. The number of ether oxygens (including phenoxy) is 4. The number of methoxy groups -OCH3 is 2. The van der Waals surface area contributed by atoms with Crippen LogP contribution in [0.5, 0.6) is 23.0 Å². The molecule has 1 saturated carbocycles. The van der Waals surface area contributed by atoms with Crippen molar-refractivity contribution in [1.82, 2.24) is 0 Å². The molecule has 1 atom stereocenters. The van der Waals surface area contributed by atoms with Crippen LogP contribution in [0.15, 0.2) is 42.5 Å². The topological polar surface area (TPSA) is 54.0 Å². The molecule has 0 aromatic heterocycles. The van der Waals surface area contributed by atoms with Crippen LogP contribution in [-0.2, 0) is 15.6 Å². The van der Waals surface area contributed by atoms with Crippen LogP contribution in [0.1, 0.15) is 36.0 Å². The monoisotopic (exact) mass is 443 g/mol. The van der Waals surface area contributed by atoms with E-state index < -0.39 is 0 Å². The van der Waals surface area contributed by atoms with Gasteiger partial charge >= 0.3 is 0 Å². The quantitative estimate of drug-likeness (QED) is 0.430. The third-order valence-electron chi connectivity index (χ3n) is 6.16. The molecule has 0 amide bonds. The lowest BCUT2D eigenvalue weighted by atomic mass is 9.96. The number of rotatable bonds is 8. The summed E-state index contributed by atoms with van der Waals surface area (Å²) in [4.78, 5) is 13.6. The van der Waals surface area contributed by atoms with Gasteiger partial charge in [0.05, 0.1) is 27.4 Å². The molecule has 1 aliphatic carbocycles. The van der Waals surface area contributed by atoms with Crippen LogP contribution in [0.25, 0.3) is 0 Å². The maximum absolute atomic E-state index is 13.6. The van der Waals surface area contributed by atoms with E-state index >= 15 is 0 Å². The van der Waals surface area contributed by atoms with Crippen LogP contribution in [0.4, 0.5) is 0 Å². The van der Waals surface area contributed by atoms with Crippen molar-refractivity contribution in [2.24, 2.45) is 5.92 Å². The van der Waals surface area contributed by atoms with E-state index in [0.717, 1.165) is 30.3 Å². The third-order valence-corrected chi connectivity index (χ3v) is 8.86. The Morgan fingerprint density at radius 3 is 2.26 bits per heavy atom. The summed E-state index contributed by atoms with van der Waals surface area (Å²) in [5.41, 5.74) is 0.782. The van der Waals surface area contributed by atoms with E-state index in [2.05, 4.69) is 0 Å². The molecule has 0 spiro atoms. The van der Waals surface area contributed by atoms with Crippen molar-refractivity contribution < 1.29 is 23.7 Å². The Morgan fingerprint density at radius 1 is 0.935 bits per heavy atom. The maximum Gasteiger partial charge on any atom is 0.215 e. The highest BCUT2D eigenvalue weighted by atomic mass is 32.2. The molecular weight excluding hydrogens is 412 g/mol. The molecule has 2 aromatic carbocycles. The van der Waals surface area contributed by atoms with Crippen LogP contribution in [-0.4, -0.2) is 50.0 Å². The van der Waals surface area contributed by atoms with Gasteiger partial charge in [-0.15, -0.1) is 0 Å². The molecule has 0 bridgehead atoms. The third kappa shape index (κ3) is 5.18. The minimum Gasteiger partial charge on any atom is -0.497 e. The molecule has 1 aliphatic heterocycles. The second kappa shape index (κ2) is 10.4. The molecule has 31 heavy (non-hydrogen) atoms. The van der Waals surface area contributed by atoms with Crippen molar-refractivity contribution in [2.75, 3.05) is 38.9 Å². The van der Waals surface area contributed by atoms with E-state index in [1.54, 1.807) is 20.3 Å². The molecule has 1 heterocycles. The van der Waals surface area contributed by atoms with Gasteiger partial charge in [0, 0.05) is 28.4 Å². The van der Waals surface area contributed by atoms with Crippen molar-refractivity contribution in [1.29, 1.82) is 0 Å². The number of hydrogen-bond acceptors (Lipinski definition) is 5. The van der Waals surface area contributed by atoms with Crippen LogP contribution < -0.4 is 14.2 Å². The van der Waals surface area contributed by atoms with Gasteiger partial charge in [-0.25, -0.2) is 0 Å². The minimum atomic E-state index is 0.118.